The molecule has 1 aliphatic heterocycles. The largest absolute Gasteiger partial charge is 0.452 e. The third kappa shape index (κ3) is 2.76. The molecule has 1 N–H and O–H groups in total. The number of hydrazone groups is 1. The second kappa shape index (κ2) is 5.18. The molecule has 1 aromatic carbocycles. The van der Waals surface area contributed by atoms with Crippen LogP contribution in [0.4, 0.5) is 9.18 Å². The topological polar surface area (TPSA) is 50.7 Å². The molecule has 0 bridgehead atoms. The van der Waals surface area contributed by atoms with Gasteiger partial charge in [0.05, 0.1) is 12.8 Å². The lowest BCUT2D eigenvalue weighted by atomic mass is 10.1. The van der Waals surface area contributed by atoms with E-state index in [1.807, 2.05) is 0 Å². The van der Waals surface area contributed by atoms with Crippen molar-refractivity contribution in [2.45, 2.75) is 11.3 Å². The van der Waals surface area contributed by atoms with Gasteiger partial charge in [0.2, 0.25) is 0 Å². The van der Waals surface area contributed by atoms with E-state index in [0.29, 0.717) is 12.1 Å². The molecule has 0 spiro atoms. The Morgan fingerprint density at radius 1 is 1.59 bits per heavy atom. The fourth-order valence-corrected chi connectivity index (χ4v) is 2.53. The number of fused-ring (bicyclic) bond motifs is 1. The van der Waals surface area contributed by atoms with Crippen molar-refractivity contribution < 1.29 is 13.9 Å². The zero-order valence-electron chi connectivity index (χ0n) is 9.20. The van der Waals surface area contributed by atoms with Gasteiger partial charge in [0.1, 0.15) is 5.82 Å². The summed E-state index contributed by atoms with van der Waals surface area (Å²) >= 11 is 1.65. The van der Waals surface area contributed by atoms with E-state index in [1.165, 1.54) is 19.2 Å². The summed E-state index contributed by atoms with van der Waals surface area (Å²) < 4.78 is 17.6. The molecule has 0 aliphatic carbocycles. The summed E-state index contributed by atoms with van der Waals surface area (Å²) in [5.41, 5.74) is 3.66. The molecule has 2 rings (SSSR count). The fourth-order valence-electron chi connectivity index (χ4n) is 1.52. The van der Waals surface area contributed by atoms with Crippen LogP contribution in [0.15, 0.2) is 28.2 Å². The highest BCUT2D eigenvalue weighted by molar-refractivity contribution is 7.99. The highest BCUT2D eigenvalue weighted by atomic mass is 32.2. The van der Waals surface area contributed by atoms with E-state index in [9.17, 15) is 9.18 Å². The molecule has 0 saturated carbocycles. The molecule has 1 aromatic rings. The van der Waals surface area contributed by atoms with Crippen molar-refractivity contribution in [3.05, 3.63) is 29.6 Å². The Hall–Kier alpha value is -1.56. The van der Waals surface area contributed by atoms with Crippen molar-refractivity contribution in [2.24, 2.45) is 5.10 Å². The first-order valence-electron chi connectivity index (χ1n) is 5.04. The third-order valence-corrected chi connectivity index (χ3v) is 3.39. The molecule has 0 aromatic heterocycles. The van der Waals surface area contributed by atoms with E-state index < -0.39 is 6.09 Å². The van der Waals surface area contributed by atoms with Crippen LogP contribution < -0.4 is 5.43 Å². The number of methoxy groups -OCH3 is 1. The Morgan fingerprint density at radius 2 is 2.41 bits per heavy atom. The first kappa shape index (κ1) is 11.9. The van der Waals surface area contributed by atoms with Gasteiger partial charge < -0.3 is 4.74 Å². The Labute approximate surface area is 102 Å². The molecule has 1 amide bonds. The molecule has 0 fully saturated rings. The van der Waals surface area contributed by atoms with Crippen LogP contribution >= 0.6 is 11.8 Å². The normalized spacial score (nSPS) is 16.5. The first-order valence-corrected chi connectivity index (χ1v) is 6.02. The van der Waals surface area contributed by atoms with Gasteiger partial charge in [-0.3, -0.25) is 0 Å². The maximum atomic E-state index is 13.2. The molecule has 0 saturated heterocycles. The van der Waals surface area contributed by atoms with Gasteiger partial charge in [-0.2, -0.15) is 5.10 Å². The summed E-state index contributed by atoms with van der Waals surface area (Å²) in [5.74, 6) is 0.553. The monoisotopic (exact) mass is 254 g/mol. The van der Waals surface area contributed by atoms with Gasteiger partial charge in [-0.15, -0.1) is 11.8 Å². The number of rotatable bonds is 1. The predicted molar refractivity (Wildman–Crippen MR) is 63.8 cm³/mol. The predicted octanol–water partition coefficient (Wildman–Crippen LogP) is 2.38. The van der Waals surface area contributed by atoms with Crippen LogP contribution in [0, 0.1) is 5.82 Å². The molecule has 0 radical (unpaired) electrons. The molecular formula is C11H11FN2O2S. The van der Waals surface area contributed by atoms with Crippen LogP contribution in [-0.2, 0) is 4.74 Å². The van der Waals surface area contributed by atoms with E-state index in [1.54, 1.807) is 17.8 Å². The molecule has 6 heteroatoms. The number of carbonyl (C=O) groups is 1. The van der Waals surface area contributed by atoms with Gasteiger partial charge in [0, 0.05) is 22.6 Å². The van der Waals surface area contributed by atoms with E-state index in [0.717, 1.165) is 16.2 Å². The number of benzene rings is 1. The van der Waals surface area contributed by atoms with Gasteiger partial charge >= 0.3 is 6.09 Å². The van der Waals surface area contributed by atoms with Crippen LogP contribution in [0.25, 0.3) is 0 Å². The number of amides is 1. The van der Waals surface area contributed by atoms with Gasteiger partial charge in [-0.1, -0.05) is 0 Å². The molecule has 90 valence electrons. The number of halogens is 1. The quantitative estimate of drug-likeness (QED) is 0.783. The number of thioether (sulfide) groups is 1. The first-order chi connectivity index (χ1) is 8.20. The van der Waals surface area contributed by atoms with Gasteiger partial charge in [-0.05, 0) is 18.2 Å². The minimum Gasteiger partial charge on any atom is -0.452 e. The Balaban J connectivity index is 2.27. The van der Waals surface area contributed by atoms with E-state index in [4.69, 9.17) is 0 Å². The van der Waals surface area contributed by atoms with Crippen molar-refractivity contribution in [2.75, 3.05) is 12.9 Å². The van der Waals surface area contributed by atoms with Crippen LogP contribution in [0.2, 0.25) is 0 Å². The zero-order chi connectivity index (χ0) is 12.3. The summed E-state index contributed by atoms with van der Waals surface area (Å²) in [6.07, 6.45) is 0.0548. The van der Waals surface area contributed by atoms with Gasteiger partial charge in [-0.25, -0.2) is 14.6 Å². The van der Waals surface area contributed by atoms with Crippen LogP contribution in [0.5, 0.6) is 0 Å². The summed E-state index contributed by atoms with van der Waals surface area (Å²) in [6.45, 7) is 0. The summed E-state index contributed by atoms with van der Waals surface area (Å²) in [7, 11) is 1.26. The standard InChI is InChI=1S/C11H11FN2O2S/c1-16-11(15)14-13-9-4-5-17-10-3-2-7(12)6-8(9)10/h2-3,6H,4-5H2,1H3,(H,14,15)/b13-9-. The Morgan fingerprint density at radius 3 is 3.18 bits per heavy atom. The lowest BCUT2D eigenvalue weighted by molar-refractivity contribution is 0.171. The number of nitrogens with zero attached hydrogens (tertiary/aromatic N) is 1. The maximum absolute atomic E-state index is 13.2. The van der Waals surface area contributed by atoms with Crippen molar-refractivity contribution >= 4 is 23.6 Å². The van der Waals surface area contributed by atoms with Crippen molar-refractivity contribution in [1.29, 1.82) is 0 Å². The molecular weight excluding hydrogens is 243 g/mol. The number of ether oxygens (including phenoxy) is 1. The van der Waals surface area contributed by atoms with Crippen molar-refractivity contribution in [1.82, 2.24) is 5.43 Å². The van der Waals surface area contributed by atoms with Crippen molar-refractivity contribution in [3.63, 3.8) is 0 Å². The molecule has 1 heterocycles. The summed E-state index contributed by atoms with van der Waals surface area (Å²) in [5, 5.41) is 3.95. The zero-order valence-corrected chi connectivity index (χ0v) is 10.0. The number of nitrogens with one attached hydrogen (secondary N) is 1. The lowest BCUT2D eigenvalue weighted by Crippen LogP contribution is -2.21. The smallest absolute Gasteiger partial charge is 0.427 e. The Kier molecular flexibility index (Phi) is 3.63. The van der Waals surface area contributed by atoms with Gasteiger partial charge in [0.25, 0.3) is 0 Å². The summed E-state index contributed by atoms with van der Waals surface area (Å²) in [6, 6.07) is 4.57. The number of hydrogen-bond donors (Lipinski definition) is 1. The van der Waals surface area contributed by atoms with E-state index in [-0.39, 0.29) is 5.82 Å². The molecule has 4 nitrogen and oxygen atoms in total. The maximum Gasteiger partial charge on any atom is 0.427 e. The lowest BCUT2D eigenvalue weighted by Gasteiger charge is -2.17. The average Bonchev–Trinajstić information content (AvgIpc) is 2.35. The minimum atomic E-state index is -0.631. The van der Waals surface area contributed by atoms with Crippen LogP contribution in [-0.4, -0.2) is 24.7 Å². The molecule has 0 atom stereocenters. The third-order valence-electron chi connectivity index (χ3n) is 2.32. The van der Waals surface area contributed by atoms with Crippen LogP contribution in [0.1, 0.15) is 12.0 Å². The van der Waals surface area contributed by atoms with E-state index in [2.05, 4.69) is 15.3 Å². The highest BCUT2D eigenvalue weighted by Crippen LogP contribution is 2.30. The number of carbonyl (C=O) groups excluding carboxylic acids is 1. The minimum absolute atomic E-state index is 0.308. The highest BCUT2D eigenvalue weighted by Gasteiger charge is 2.17. The van der Waals surface area contributed by atoms with E-state index >= 15 is 0 Å². The van der Waals surface area contributed by atoms with Crippen LogP contribution in [0.3, 0.4) is 0 Å². The SMILES string of the molecule is COC(=O)N/N=C1/CCSc2ccc(F)cc21. The van der Waals surface area contributed by atoms with Gasteiger partial charge in [0.15, 0.2) is 0 Å². The Bertz CT molecular complexity index is 477. The molecule has 0 unspecified atom stereocenters. The summed E-state index contributed by atoms with van der Waals surface area (Å²) in [4.78, 5) is 11.9. The molecule has 17 heavy (non-hydrogen) atoms. The fraction of sp³-hybridized carbons (Fsp3) is 0.273. The second-order valence-corrected chi connectivity index (χ2v) is 4.54. The van der Waals surface area contributed by atoms with Crippen molar-refractivity contribution in [3.8, 4) is 0 Å². The number of hydrogen-bond acceptors (Lipinski definition) is 4. The second-order valence-electron chi connectivity index (χ2n) is 3.40. The average molecular weight is 254 g/mol. The molecule has 1 aliphatic rings.